The summed E-state index contributed by atoms with van der Waals surface area (Å²) in [5.41, 5.74) is 0.446. The number of piperidine rings is 2. The van der Waals surface area contributed by atoms with Gasteiger partial charge in [-0.15, -0.1) is 0 Å². The Labute approximate surface area is 160 Å². The van der Waals surface area contributed by atoms with Gasteiger partial charge in [0.1, 0.15) is 0 Å². The van der Waals surface area contributed by atoms with Gasteiger partial charge in [0.2, 0.25) is 0 Å². The number of carbonyl (C=O) groups is 1. The molecule has 1 aromatic rings. The zero-order valence-electron chi connectivity index (χ0n) is 15.0. The number of amides is 2. The van der Waals surface area contributed by atoms with Crippen molar-refractivity contribution in [1.82, 2.24) is 10.2 Å². The molecule has 2 aliphatic rings. The zero-order chi connectivity index (χ0) is 18.7. The molecule has 0 saturated carbocycles. The molecule has 0 aliphatic carbocycles. The lowest BCUT2D eigenvalue weighted by atomic mass is 9.81. The standard InChI is InChI=1S/C18H26ClN3O3S/c1-26(24,25)17-10-15(6-7-16(17)19)21-18(23)22-9-3-5-14(12-22)13-4-2-8-20-11-13/h6-7,10,13-14,20H,2-5,8-9,11-12H2,1H3,(H,21,23). The largest absolute Gasteiger partial charge is 0.324 e. The number of anilines is 1. The van der Waals surface area contributed by atoms with Gasteiger partial charge in [-0.3, -0.25) is 0 Å². The SMILES string of the molecule is CS(=O)(=O)c1cc(NC(=O)N2CCCC(C3CCCNC3)C2)ccc1Cl. The number of hydrogen-bond acceptors (Lipinski definition) is 4. The minimum atomic E-state index is -3.44. The van der Waals surface area contributed by atoms with Crippen LogP contribution in [0.15, 0.2) is 23.1 Å². The van der Waals surface area contributed by atoms with Crippen LogP contribution >= 0.6 is 11.6 Å². The molecule has 2 fully saturated rings. The summed E-state index contributed by atoms with van der Waals surface area (Å²) in [5, 5.41) is 6.44. The molecule has 2 unspecified atom stereocenters. The third kappa shape index (κ3) is 4.69. The van der Waals surface area contributed by atoms with Crippen molar-refractivity contribution in [2.45, 2.75) is 30.6 Å². The Kier molecular flexibility index (Phi) is 6.10. The van der Waals surface area contributed by atoms with Gasteiger partial charge >= 0.3 is 6.03 Å². The highest BCUT2D eigenvalue weighted by Crippen LogP contribution is 2.29. The van der Waals surface area contributed by atoms with Gasteiger partial charge in [-0.05, 0) is 68.8 Å². The highest BCUT2D eigenvalue weighted by Gasteiger charge is 2.30. The van der Waals surface area contributed by atoms with Crippen molar-refractivity contribution in [3.8, 4) is 0 Å². The molecule has 0 radical (unpaired) electrons. The van der Waals surface area contributed by atoms with E-state index in [2.05, 4.69) is 10.6 Å². The van der Waals surface area contributed by atoms with E-state index in [-0.39, 0.29) is 15.9 Å². The third-order valence-electron chi connectivity index (χ3n) is 5.33. The molecule has 26 heavy (non-hydrogen) atoms. The van der Waals surface area contributed by atoms with Crippen LogP contribution in [0.2, 0.25) is 5.02 Å². The molecule has 0 bridgehead atoms. The first kappa shape index (κ1) is 19.5. The number of likely N-dealkylation sites (tertiary alicyclic amines) is 1. The van der Waals surface area contributed by atoms with E-state index >= 15 is 0 Å². The molecular formula is C18H26ClN3O3S. The second-order valence-electron chi connectivity index (χ2n) is 7.30. The second kappa shape index (κ2) is 8.15. The van der Waals surface area contributed by atoms with Crippen LogP contribution in [0.5, 0.6) is 0 Å². The molecular weight excluding hydrogens is 374 g/mol. The Hall–Kier alpha value is -1.31. The summed E-state index contributed by atoms with van der Waals surface area (Å²) in [6.07, 6.45) is 5.70. The summed E-state index contributed by atoms with van der Waals surface area (Å²) in [6.45, 7) is 3.61. The molecule has 8 heteroatoms. The number of urea groups is 1. The van der Waals surface area contributed by atoms with E-state index in [1.54, 1.807) is 6.07 Å². The van der Waals surface area contributed by atoms with E-state index in [1.165, 1.54) is 25.0 Å². The number of hydrogen-bond donors (Lipinski definition) is 2. The maximum atomic E-state index is 12.7. The highest BCUT2D eigenvalue weighted by molar-refractivity contribution is 7.90. The predicted octanol–water partition coefficient (Wildman–Crippen LogP) is 2.99. The fourth-order valence-electron chi connectivity index (χ4n) is 3.93. The number of sulfone groups is 1. The number of halogens is 1. The molecule has 0 aromatic heterocycles. The van der Waals surface area contributed by atoms with Crippen LogP contribution in [0.25, 0.3) is 0 Å². The van der Waals surface area contributed by atoms with E-state index in [1.807, 2.05) is 4.90 Å². The third-order valence-corrected chi connectivity index (χ3v) is 6.91. The molecule has 2 aliphatic heterocycles. The van der Waals surface area contributed by atoms with Gasteiger partial charge in [0, 0.05) is 25.0 Å². The van der Waals surface area contributed by atoms with Gasteiger partial charge in [0.05, 0.1) is 9.92 Å². The van der Waals surface area contributed by atoms with Crippen molar-refractivity contribution in [1.29, 1.82) is 0 Å². The first-order valence-electron chi connectivity index (χ1n) is 9.11. The Morgan fingerprint density at radius 2 is 2.04 bits per heavy atom. The average molecular weight is 400 g/mol. The molecule has 2 atom stereocenters. The van der Waals surface area contributed by atoms with Crippen LogP contribution in [0.4, 0.5) is 10.5 Å². The number of nitrogens with one attached hydrogen (secondary N) is 2. The number of nitrogens with zero attached hydrogens (tertiary/aromatic N) is 1. The average Bonchev–Trinajstić information content (AvgIpc) is 2.63. The summed E-state index contributed by atoms with van der Waals surface area (Å²) >= 11 is 5.96. The summed E-state index contributed by atoms with van der Waals surface area (Å²) in [6, 6.07) is 4.37. The summed E-state index contributed by atoms with van der Waals surface area (Å²) in [5.74, 6) is 1.16. The van der Waals surface area contributed by atoms with Gasteiger partial charge in [-0.2, -0.15) is 0 Å². The normalized spacial score (nSPS) is 24.3. The lowest BCUT2D eigenvalue weighted by molar-refractivity contribution is 0.137. The maximum Gasteiger partial charge on any atom is 0.321 e. The minimum absolute atomic E-state index is 0.0294. The number of rotatable bonds is 3. The summed E-state index contributed by atoms with van der Waals surface area (Å²) in [7, 11) is -3.44. The van der Waals surface area contributed by atoms with Crippen molar-refractivity contribution in [3.63, 3.8) is 0 Å². The van der Waals surface area contributed by atoms with E-state index in [4.69, 9.17) is 11.6 Å². The van der Waals surface area contributed by atoms with Gasteiger partial charge in [0.25, 0.3) is 0 Å². The van der Waals surface area contributed by atoms with Crippen molar-refractivity contribution in [2.24, 2.45) is 11.8 Å². The topological polar surface area (TPSA) is 78.5 Å². The molecule has 0 spiro atoms. The molecule has 2 amide bonds. The molecule has 144 valence electrons. The van der Waals surface area contributed by atoms with Crippen molar-refractivity contribution in [2.75, 3.05) is 37.8 Å². The minimum Gasteiger partial charge on any atom is -0.324 e. The van der Waals surface area contributed by atoms with E-state index in [0.29, 0.717) is 17.5 Å². The molecule has 1 aromatic carbocycles. The lowest BCUT2D eigenvalue weighted by Crippen LogP contribution is -2.46. The van der Waals surface area contributed by atoms with Crippen LogP contribution in [0.1, 0.15) is 25.7 Å². The number of benzene rings is 1. The van der Waals surface area contributed by atoms with Crippen molar-refractivity contribution >= 4 is 33.2 Å². The first-order valence-corrected chi connectivity index (χ1v) is 11.4. The fourth-order valence-corrected chi connectivity index (χ4v) is 5.23. The molecule has 2 N–H and O–H groups in total. The highest BCUT2D eigenvalue weighted by atomic mass is 35.5. The Morgan fingerprint density at radius 3 is 2.73 bits per heavy atom. The van der Waals surface area contributed by atoms with Gasteiger partial charge < -0.3 is 15.5 Å². The van der Waals surface area contributed by atoms with Crippen molar-refractivity contribution < 1.29 is 13.2 Å². The van der Waals surface area contributed by atoms with Gasteiger partial charge in [-0.1, -0.05) is 11.6 Å². The first-order chi connectivity index (χ1) is 12.3. The Bertz CT molecular complexity index is 763. The van der Waals surface area contributed by atoms with E-state index < -0.39 is 9.84 Å². The van der Waals surface area contributed by atoms with Crippen LogP contribution in [0, 0.1) is 11.8 Å². The van der Waals surface area contributed by atoms with Gasteiger partial charge in [0.15, 0.2) is 9.84 Å². The molecule has 3 rings (SSSR count). The molecule has 2 saturated heterocycles. The quantitative estimate of drug-likeness (QED) is 0.818. The Morgan fingerprint density at radius 1 is 1.27 bits per heavy atom. The van der Waals surface area contributed by atoms with Crippen molar-refractivity contribution in [3.05, 3.63) is 23.2 Å². The van der Waals surface area contributed by atoms with Crippen LogP contribution in [-0.2, 0) is 9.84 Å². The summed E-state index contributed by atoms with van der Waals surface area (Å²) < 4.78 is 23.6. The molecule has 2 heterocycles. The monoisotopic (exact) mass is 399 g/mol. The second-order valence-corrected chi connectivity index (χ2v) is 9.69. The predicted molar refractivity (Wildman–Crippen MR) is 103 cm³/mol. The van der Waals surface area contributed by atoms with Crippen LogP contribution in [-0.4, -0.2) is 51.8 Å². The fraction of sp³-hybridized carbons (Fsp3) is 0.611. The lowest BCUT2D eigenvalue weighted by Gasteiger charge is -2.38. The van der Waals surface area contributed by atoms with E-state index in [0.717, 1.165) is 45.3 Å². The van der Waals surface area contributed by atoms with E-state index in [9.17, 15) is 13.2 Å². The summed E-state index contributed by atoms with van der Waals surface area (Å²) in [4.78, 5) is 14.5. The molecule has 6 nitrogen and oxygen atoms in total. The maximum absolute atomic E-state index is 12.7. The van der Waals surface area contributed by atoms with Gasteiger partial charge in [-0.25, -0.2) is 13.2 Å². The number of carbonyl (C=O) groups excluding carboxylic acids is 1. The zero-order valence-corrected chi connectivity index (χ0v) is 16.6. The smallest absolute Gasteiger partial charge is 0.321 e. The van der Waals surface area contributed by atoms with Crippen LogP contribution < -0.4 is 10.6 Å². The Balaban J connectivity index is 1.66. The van der Waals surface area contributed by atoms with Crippen LogP contribution in [0.3, 0.4) is 0 Å².